The lowest BCUT2D eigenvalue weighted by atomic mass is 11.2. The number of carbonyl (C=O) groups excluding carboxylic acids is 1. The van der Waals surface area contributed by atoms with Gasteiger partial charge in [-0.2, -0.15) is 0 Å². The van der Waals surface area contributed by atoms with Gasteiger partial charge in [0.25, 0.3) is 3.91 Å². The van der Waals surface area contributed by atoms with Crippen molar-refractivity contribution in [2.45, 2.75) is 0 Å². The summed E-state index contributed by atoms with van der Waals surface area (Å²) >= 11 is 7.99. The van der Waals surface area contributed by atoms with E-state index in [1.165, 1.54) is 0 Å². The number of thiocarbonyl (C=S) groups is 1. The van der Waals surface area contributed by atoms with Crippen LogP contribution in [0.1, 0.15) is 0 Å². The second kappa shape index (κ2) is 3.96. The summed E-state index contributed by atoms with van der Waals surface area (Å²) in [5.74, 6) is 0. The summed E-state index contributed by atoms with van der Waals surface area (Å²) in [5.41, 5.74) is 0. The standard InChI is InChI=1S/C2HI2NOS/c3-1(6)5-2(4)7/h(H,5,6,7). The molecule has 0 heterocycles. The number of amides is 1. The molecular weight excluding hydrogens is 340 g/mol. The number of halogens is 2. The molecule has 0 spiro atoms. The molecule has 0 aliphatic heterocycles. The molecule has 0 aromatic heterocycles. The monoisotopic (exact) mass is 341 g/mol. The van der Waals surface area contributed by atoms with Crippen molar-refractivity contribution in [3.05, 3.63) is 0 Å². The Labute approximate surface area is 73.7 Å². The van der Waals surface area contributed by atoms with Gasteiger partial charge in [-0.1, -0.05) is 12.2 Å². The minimum absolute atomic E-state index is 0.142. The summed E-state index contributed by atoms with van der Waals surface area (Å²) in [5, 5.41) is 2.37. The zero-order chi connectivity index (χ0) is 5.86. The van der Waals surface area contributed by atoms with Gasteiger partial charge in [-0.05, 0) is 22.6 Å². The number of rotatable bonds is 0. The molecule has 40 valence electrons. The van der Waals surface area contributed by atoms with E-state index in [1.807, 2.05) is 22.6 Å². The molecule has 5 heteroatoms. The summed E-state index contributed by atoms with van der Waals surface area (Å²) in [7, 11) is 0. The van der Waals surface area contributed by atoms with Crippen molar-refractivity contribution in [3.8, 4) is 0 Å². The van der Waals surface area contributed by atoms with Crippen LogP contribution >= 0.6 is 57.4 Å². The predicted molar refractivity (Wildman–Crippen MR) is 49.2 cm³/mol. The fourth-order valence-corrected chi connectivity index (χ4v) is 1.38. The molecule has 0 aromatic carbocycles. The van der Waals surface area contributed by atoms with Crippen LogP contribution in [0.25, 0.3) is 0 Å². The molecule has 0 radical (unpaired) electrons. The summed E-state index contributed by atoms with van der Waals surface area (Å²) < 4.78 is 0.342. The van der Waals surface area contributed by atoms with Crippen molar-refractivity contribution in [2.75, 3.05) is 0 Å². The Morgan fingerprint density at radius 1 is 1.57 bits per heavy atom. The van der Waals surface area contributed by atoms with Crippen LogP contribution in [0.2, 0.25) is 0 Å². The van der Waals surface area contributed by atoms with Gasteiger partial charge in [0.15, 0.2) is 0 Å². The van der Waals surface area contributed by atoms with Crippen LogP contribution in [0, 0.1) is 0 Å². The zero-order valence-electron chi connectivity index (χ0n) is 3.07. The largest absolute Gasteiger partial charge is 0.303 e. The fraction of sp³-hybridized carbons (Fsp3) is 0. The third kappa shape index (κ3) is 7.02. The minimum Gasteiger partial charge on any atom is -0.303 e. The Morgan fingerprint density at radius 3 is 2.00 bits per heavy atom. The van der Waals surface area contributed by atoms with Crippen LogP contribution in [-0.4, -0.2) is 6.91 Å². The molecule has 0 aliphatic carbocycles. The van der Waals surface area contributed by atoms with Gasteiger partial charge in [0.05, 0.1) is 0 Å². The number of hydrogen-bond acceptors (Lipinski definition) is 2. The first-order valence-corrected chi connectivity index (χ1v) is 3.85. The predicted octanol–water partition coefficient (Wildman–Crippen LogP) is 1.85. The minimum atomic E-state index is -0.142. The molecular formula is C2HI2NOS. The van der Waals surface area contributed by atoms with Gasteiger partial charge < -0.3 is 5.32 Å². The van der Waals surface area contributed by atoms with E-state index in [0.29, 0.717) is 3.00 Å². The van der Waals surface area contributed by atoms with E-state index in [0.717, 1.165) is 0 Å². The lowest BCUT2D eigenvalue weighted by molar-refractivity contribution is 0.267. The quantitative estimate of drug-likeness (QED) is 0.315. The summed E-state index contributed by atoms with van der Waals surface area (Å²) in [4.78, 5) is 10.0. The van der Waals surface area contributed by atoms with Crippen LogP contribution in [0.3, 0.4) is 0 Å². The van der Waals surface area contributed by atoms with Gasteiger partial charge in [-0.15, -0.1) is 0 Å². The Hall–Kier alpha value is 1.02. The molecule has 0 saturated carbocycles. The first-order chi connectivity index (χ1) is 3.13. The first kappa shape index (κ1) is 8.02. The SMILES string of the molecule is O=C(I)NC(=S)I. The average Bonchev–Trinajstić information content (AvgIpc) is 1.27. The molecule has 0 bridgehead atoms. The van der Waals surface area contributed by atoms with Gasteiger partial charge in [0.1, 0.15) is 3.00 Å². The topological polar surface area (TPSA) is 29.1 Å². The van der Waals surface area contributed by atoms with Crippen LogP contribution in [0.5, 0.6) is 0 Å². The first-order valence-electron chi connectivity index (χ1n) is 1.29. The average molecular weight is 341 g/mol. The van der Waals surface area contributed by atoms with Crippen molar-refractivity contribution in [2.24, 2.45) is 0 Å². The van der Waals surface area contributed by atoms with Crippen LogP contribution in [0.4, 0.5) is 4.79 Å². The van der Waals surface area contributed by atoms with Crippen LogP contribution < -0.4 is 5.32 Å². The van der Waals surface area contributed by atoms with Gasteiger partial charge in [0.2, 0.25) is 0 Å². The van der Waals surface area contributed by atoms with Gasteiger partial charge in [-0.3, -0.25) is 4.79 Å². The van der Waals surface area contributed by atoms with E-state index in [9.17, 15) is 4.79 Å². The maximum Gasteiger partial charge on any atom is 0.285 e. The molecule has 0 unspecified atom stereocenters. The van der Waals surface area contributed by atoms with Crippen molar-refractivity contribution >= 4 is 64.3 Å². The molecule has 2 nitrogen and oxygen atoms in total. The molecule has 1 N–H and O–H groups in total. The third-order valence-electron chi connectivity index (χ3n) is 0.197. The van der Waals surface area contributed by atoms with Crippen molar-refractivity contribution in [3.63, 3.8) is 0 Å². The lowest BCUT2D eigenvalue weighted by Gasteiger charge is -1.88. The molecule has 0 saturated heterocycles. The van der Waals surface area contributed by atoms with E-state index >= 15 is 0 Å². The van der Waals surface area contributed by atoms with Crippen molar-refractivity contribution in [1.29, 1.82) is 0 Å². The molecule has 7 heavy (non-hydrogen) atoms. The Kier molecular flexibility index (Phi) is 4.53. The van der Waals surface area contributed by atoms with E-state index in [2.05, 4.69) is 17.5 Å². The zero-order valence-corrected chi connectivity index (χ0v) is 8.20. The van der Waals surface area contributed by atoms with E-state index < -0.39 is 0 Å². The molecule has 0 aromatic rings. The molecule has 0 rings (SSSR count). The lowest BCUT2D eigenvalue weighted by Crippen LogP contribution is -2.16. The second-order valence-corrected chi connectivity index (χ2v) is 3.87. The third-order valence-corrected chi connectivity index (χ3v) is 0.838. The van der Waals surface area contributed by atoms with Crippen LogP contribution in [0.15, 0.2) is 0 Å². The Morgan fingerprint density at radius 2 is 2.00 bits per heavy atom. The van der Waals surface area contributed by atoms with Crippen molar-refractivity contribution in [1.82, 2.24) is 5.32 Å². The maximum absolute atomic E-state index is 10.0. The normalized spacial score (nSPS) is 7.71. The highest BCUT2D eigenvalue weighted by atomic mass is 127. The number of carbonyl (C=O) groups is 1. The highest BCUT2D eigenvalue weighted by molar-refractivity contribution is 14.1. The Bertz CT molecular complexity index is 91.9. The van der Waals surface area contributed by atoms with Gasteiger partial charge >= 0.3 is 0 Å². The van der Waals surface area contributed by atoms with E-state index in [-0.39, 0.29) is 3.91 Å². The molecule has 0 atom stereocenters. The number of hydrogen-bond donors (Lipinski definition) is 1. The summed E-state index contributed by atoms with van der Waals surface area (Å²) in [6, 6.07) is 0. The summed E-state index contributed by atoms with van der Waals surface area (Å²) in [6.07, 6.45) is 0. The van der Waals surface area contributed by atoms with Gasteiger partial charge in [0, 0.05) is 22.6 Å². The second-order valence-electron chi connectivity index (χ2n) is 0.672. The van der Waals surface area contributed by atoms with E-state index in [4.69, 9.17) is 0 Å². The molecule has 0 aliphatic rings. The van der Waals surface area contributed by atoms with Crippen molar-refractivity contribution < 1.29 is 4.79 Å². The van der Waals surface area contributed by atoms with E-state index in [1.54, 1.807) is 22.6 Å². The highest BCUT2D eigenvalue weighted by Crippen LogP contribution is 1.88. The fourth-order valence-electron chi connectivity index (χ4n) is 0.0773. The van der Waals surface area contributed by atoms with Crippen LogP contribution in [-0.2, 0) is 0 Å². The molecule has 1 amide bonds. The smallest absolute Gasteiger partial charge is 0.285 e. The summed E-state index contributed by atoms with van der Waals surface area (Å²) in [6.45, 7) is 0. The maximum atomic E-state index is 10.0. The number of nitrogens with one attached hydrogen (secondary N) is 1. The van der Waals surface area contributed by atoms with Gasteiger partial charge in [-0.25, -0.2) is 0 Å². The highest BCUT2D eigenvalue weighted by Gasteiger charge is 1.90. The molecule has 0 fully saturated rings. The Balaban J connectivity index is 3.32.